The smallest absolute Gasteiger partial charge is 0.319 e. The quantitative estimate of drug-likeness (QED) is 0.809. The number of nitrogens with one attached hydrogen (secondary N) is 1. The van der Waals surface area contributed by atoms with Gasteiger partial charge in [-0.3, -0.25) is 0 Å². The molecule has 94 valence electrons. The van der Waals surface area contributed by atoms with E-state index in [1.165, 1.54) is 6.07 Å². The van der Waals surface area contributed by atoms with E-state index < -0.39 is 17.6 Å². The first-order valence-electron chi connectivity index (χ1n) is 5.44. The molecule has 1 aliphatic rings. The highest BCUT2D eigenvalue weighted by molar-refractivity contribution is 5.33. The molecule has 1 aliphatic carbocycles. The maximum absolute atomic E-state index is 13.1. The highest BCUT2D eigenvalue weighted by Gasteiger charge is 2.40. The second kappa shape index (κ2) is 4.29. The fraction of sp³-hybridized carbons (Fsp3) is 0.500. The number of benzene rings is 1. The largest absolute Gasteiger partial charge is 0.419 e. The van der Waals surface area contributed by atoms with Crippen molar-refractivity contribution in [3.05, 3.63) is 35.1 Å². The molecule has 0 aromatic heterocycles. The molecule has 5 heteroatoms. The first-order valence-corrected chi connectivity index (χ1v) is 5.44. The van der Waals surface area contributed by atoms with E-state index in [0.29, 0.717) is 11.5 Å². The summed E-state index contributed by atoms with van der Waals surface area (Å²) in [5, 5.41) is 2.99. The van der Waals surface area contributed by atoms with Crippen molar-refractivity contribution in [2.45, 2.75) is 18.5 Å². The zero-order chi connectivity index (χ0) is 12.6. The molecule has 1 fully saturated rings. The summed E-state index contributed by atoms with van der Waals surface area (Å²) >= 11 is 0. The normalized spacial score (nSPS) is 23.8. The van der Waals surface area contributed by atoms with Gasteiger partial charge in [0.15, 0.2) is 0 Å². The van der Waals surface area contributed by atoms with Crippen molar-refractivity contribution >= 4 is 0 Å². The van der Waals surface area contributed by atoms with Gasteiger partial charge in [0.1, 0.15) is 5.82 Å². The van der Waals surface area contributed by atoms with Crippen LogP contribution in [0.5, 0.6) is 0 Å². The Labute approximate surface area is 96.8 Å². The summed E-state index contributed by atoms with van der Waals surface area (Å²) in [6, 6.07) is 3.30. The summed E-state index contributed by atoms with van der Waals surface area (Å²) in [7, 11) is 1.81. The van der Waals surface area contributed by atoms with Crippen molar-refractivity contribution in [1.29, 1.82) is 0 Å². The molecule has 0 aliphatic heterocycles. The van der Waals surface area contributed by atoms with Crippen LogP contribution >= 0.6 is 0 Å². The van der Waals surface area contributed by atoms with Crippen LogP contribution in [0, 0.1) is 11.7 Å². The van der Waals surface area contributed by atoms with Gasteiger partial charge >= 0.3 is 6.18 Å². The second-order valence-electron chi connectivity index (χ2n) is 4.40. The molecule has 2 unspecified atom stereocenters. The van der Waals surface area contributed by atoms with E-state index in [1.807, 2.05) is 0 Å². The summed E-state index contributed by atoms with van der Waals surface area (Å²) in [6.45, 7) is 0.781. The van der Waals surface area contributed by atoms with Crippen LogP contribution in [0.15, 0.2) is 18.2 Å². The Bertz CT molecular complexity index is 413. The Balaban J connectivity index is 2.21. The summed E-state index contributed by atoms with van der Waals surface area (Å²) in [5.41, 5.74) is -0.580. The van der Waals surface area contributed by atoms with E-state index >= 15 is 0 Å². The van der Waals surface area contributed by atoms with Crippen molar-refractivity contribution in [2.75, 3.05) is 13.6 Å². The average molecular weight is 247 g/mol. The van der Waals surface area contributed by atoms with Crippen LogP contribution in [0.2, 0.25) is 0 Å². The van der Waals surface area contributed by atoms with Crippen LogP contribution < -0.4 is 5.32 Å². The number of rotatable bonds is 3. The number of hydrogen-bond donors (Lipinski definition) is 1. The van der Waals surface area contributed by atoms with E-state index in [4.69, 9.17) is 0 Å². The highest BCUT2D eigenvalue weighted by Crippen LogP contribution is 2.48. The van der Waals surface area contributed by atoms with Gasteiger partial charge in [0.25, 0.3) is 0 Å². The van der Waals surface area contributed by atoms with E-state index in [-0.39, 0.29) is 5.92 Å². The van der Waals surface area contributed by atoms with Gasteiger partial charge in [0.05, 0.1) is 5.56 Å². The SMILES string of the molecule is CNCC1CC1c1ccc(F)c(C(F)(F)F)c1. The van der Waals surface area contributed by atoms with E-state index in [2.05, 4.69) is 5.32 Å². The molecular formula is C12H13F4N. The van der Waals surface area contributed by atoms with Crippen LogP contribution in [-0.4, -0.2) is 13.6 Å². The van der Waals surface area contributed by atoms with Crippen molar-refractivity contribution < 1.29 is 17.6 Å². The minimum absolute atomic E-state index is 0.129. The molecule has 2 rings (SSSR count). The topological polar surface area (TPSA) is 12.0 Å². The molecule has 1 saturated carbocycles. The lowest BCUT2D eigenvalue weighted by molar-refractivity contribution is -0.140. The molecule has 0 bridgehead atoms. The van der Waals surface area contributed by atoms with Gasteiger partial charge in [-0.25, -0.2) is 4.39 Å². The summed E-state index contributed by atoms with van der Waals surface area (Å²) in [4.78, 5) is 0. The number of hydrogen-bond acceptors (Lipinski definition) is 1. The molecular weight excluding hydrogens is 234 g/mol. The maximum Gasteiger partial charge on any atom is 0.419 e. The number of alkyl halides is 3. The fourth-order valence-corrected chi connectivity index (χ4v) is 2.13. The molecule has 0 heterocycles. The summed E-state index contributed by atoms with van der Waals surface area (Å²) in [6.07, 6.45) is -3.75. The van der Waals surface area contributed by atoms with Crippen molar-refractivity contribution in [1.82, 2.24) is 5.32 Å². The molecule has 0 spiro atoms. The summed E-state index contributed by atoms with van der Waals surface area (Å²) < 4.78 is 50.6. The standard InChI is InChI=1S/C12H13F4N/c1-17-6-8-4-9(8)7-2-3-11(13)10(5-7)12(14,15)16/h2-3,5,8-9,17H,4,6H2,1H3. The van der Waals surface area contributed by atoms with Gasteiger partial charge in [-0.2, -0.15) is 13.2 Å². The third-order valence-electron chi connectivity index (χ3n) is 3.11. The van der Waals surface area contributed by atoms with Crippen molar-refractivity contribution in [3.63, 3.8) is 0 Å². The minimum Gasteiger partial charge on any atom is -0.319 e. The lowest BCUT2D eigenvalue weighted by atomic mass is 10.0. The van der Waals surface area contributed by atoms with Gasteiger partial charge < -0.3 is 5.32 Å². The molecule has 1 aromatic rings. The van der Waals surface area contributed by atoms with E-state index in [0.717, 1.165) is 25.1 Å². The molecule has 0 saturated heterocycles. The monoisotopic (exact) mass is 247 g/mol. The fourth-order valence-electron chi connectivity index (χ4n) is 2.13. The van der Waals surface area contributed by atoms with Gasteiger partial charge in [-0.15, -0.1) is 0 Å². The lowest BCUT2D eigenvalue weighted by Crippen LogP contribution is -2.11. The molecule has 1 nitrogen and oxygen atoms in total. The van der Waals surface area contributed by atoms with E-state index in [9.17, 15) is 17.6 Å². The summed E-state index contributed by atoms with van der Waals surface area (Å²) in [5.74, 6) is -0.706. The minimum atomic E-state index is -4.62. The molecule has 17 heavy (non-hydrogen) atoms. The zero-order valence-corrected chi connectivity index (χ0v) is 9.31. The third-order valence-corrected chi connectivity index (χ3v) is 3.11. The van der Waals surface area contributed by atoms with Crippen molar-refractivity contribution in [3.8, 4) is 0 Å². The Morgan fingerprint density at radius 3 is 2.65 bits per heavy atom. The zero-order valence-electron chi connectivity index (χ0n) is 9.31. The molecule has 1 aromatic carbocycles. The molecule has 2 atom stereocenters. The molecule has 0 radical (unpaired) electrons. The van der Waals surface area contributed by atoms with Crippen LogP contribution in [0.25, 0.3) is 0 Å². The molecule has 1 N–H and O–H groups in total. The van der Waals surface area contributed by atoms with Crippen LogP contribution in [0.1, 0.15) is 23.5 Å². The first-order chi connectivity index (χ1) is 7.93. The maximum atomic E-state index is 13.1. The van der Waals surface area contributed by atoms with E-state index in [1.54, 1.807) is 7.05 Å². The van der Waals surface area contributed by atoms with Crippen LogP contribution in [-0.2, 0) is 6.18 Å². The Morgan fingerprint density at radius 1 is 1.35 bits per heavy atom. The van der Waals surface area contributed by atoms with Crippen LogP contribution in [0.4, 0.5) is 17.6 Å². The predicted octanol–water partition coefficient (Wildman–Crippen LogP) is 3.17. The average Bonchev–Trinajstić information content (AvgIpc) is 2.97. The van der Waals surface area contributed by atoms with Gasteiger partial charge in [0.2, 0.25) is 0 Å². The highest BCUT2D eigenvalue weighted by atomic mass is 19.4. The van der Waals surface area contributed by atoms with Gasteiger partial charge in [0, 0.05) is 0 Å². The van der Waals surface area contributed by atoms with Crippen LogP contribution in [0.3, 0.4) is 0 Å². The Morgan fingerprint density at radius 2 is 2.06 bits per heavy atom. The first kappa shape index (κ1) is 12.4. The molecule has 0 amide bonds. The number of halogens is 4. The third kappa shape index (κ3) is 2.60. The van der Waals surface area contributed by atoms with Crippen molar-refractivity contribution in [2.24, 2.45) is 5.92 Å². The van der Waals surface area contributed by atoms with Gasteiger partial charge in [-0.1, -0.05) is 6.07 Å². The Hall–Kier alpha value is -1.10. The lowest BCUT2D eigenvalue weighted by Gasteiger charge is -2.10. The van der Waals surface area contributed by atoms with Gasteiger partial charge in [-0.05, 0) is 49.5 Å². The second-order valence-corrected chi connectivity index (χ2v) is 4.40. The predicted molar refractivity (Wildman–Crippen MR) is 56.2 cm³/mol. The Kier molecular flexibility index (Phi) is 3.12.